The van der Waals surface area contributed by atoms with Crippen LogP contribution in [0.3, 0.4) is 0 Å². The van der Waals surface area contributed by atoms with Crippen molar-refractivity contribution in [1.29, 1.82) is 0 Å². The second-order valence-corrected chi connectivity index (χ2v) is 4.82. The number of halogens is 2. The lowest BCUT2D eigenvalue weighted by Crippen LogP contribution is -1.65. The van der Waals surface area contributed by atoms with Crippen LogP contribution >= 0.6 is 43.2 Å². The van der Waals surface area contributed by atoms with Gasteiger partial charge < -0.3 is 0 Å². The van der Waals surface area contributed by atoms with Crippen LogP contribution in [0, 0.1) is 0 Å². The second kappa shape index (κ2) is 2.88. The zero-order valence-electron chi connectivity index (χ0n) is 5.47. The molecule has 0 saturated carbocycles. The molecule has 0 amide bonds. The van der Waals surface area contributed by atoms with Gasteiger partial charge in [0.25, 0.3) is 0 Å². The number of thiophene rings is 1. The highest BCUT2D eigenvalue weighted by Gasteiger charge is 2.03. The Morgan fingerprint density at radius 3 is 2.64 bits per heavy atom. The Bertz CT molecular complexity index is 392. The Morgan fingerprint density at radius 2 is 1.91 bits per heavy atom. The molecule has 0 atom stereocenters. The Labute approximate surface area is 85.5 Å². The van der Waals surface area contributed by atoms with Crippen molar-refractivity contribution in [2.24, 2.45) is 0 Å². The fourth-order valence-corrected chi connectivity index (χ4v) is 3.67. The molecule has 0 saturated heterocycles. The van der Waals surface area contributed by atoms with Gasteiger partial charge in [-0.2, -0.15) is 0 Å². The molecule has 0 bridgehead atoms. The molecule has 1 heterocycles. The van der Waals surface area contributed by atoms with Crippen LogP contribution in [-0.4, -0.2) is 0 Å². The molecule has 0 radical (unpaired) electrons. The van der Waals surface area contributed by atoms with Crippen LogP contribution in [0.25, 0.3) is 10.1 Å². The van der Waals surface area contributed by atoms with Crippen LogP contribution in [0.1, 0.15) is 0 Å². The Morgan fingerprint density at radius 1 is 1.09 bits per heavy atom. The van der Waals surface area contributed by atoms with E-state index in [-0.39, 0.29) is 0 Å². The van der Waals surface area contributed by atoms with E-state index in [9.17, 15) is 0 Å². The van der Waals surface area contributed by atoms with Crippen molar-refractivity contribution in [2.45, 2.75) is 0 Å². The third-order valence-corrected chi connectivity index (χ3v) is 4.04. The Kier molecular flexibility index (Phi) is 2.04. The van der Waals surface area contributed by atoms with E-state index in [4.69, 9.17) is 0 Å². The molecule has 0 aliphatic rings. The van der Waals surface area contributed by atoms with Gasteiger partial charge in [-0.1, -0.05) is 22.0 Å². The first kappa shape index (κ1) is 7.77. The number of fused-ring (bicyclic) bond motifs is 1. The van der Waals surface area contributed by atoms with Crippen LogP contribution in [0.5, 0.6) is 0 Å². The Balaban J connectivity index is 2.96. The largest absolute Gasteiger partial charge is 0.143 e. The van der Waals surface area contributed by atoms with Crippen LogP contribution in [0.15, 0.2) is 32.5 Å². The zero-order chi connectivity index (χ0) is 7.84. The number of hydrogen-bond donors (Lipinski definition) is 0. The van der Waals surface area contributed by atoms with Gasteiger partial charge in [-0.05, 0) is 28.1 Å². The minimum atomic E-state index is 1.16. The van der Waals surface area contributed by atoms with Crippen LogP contribution in [0.2, 0.25) is 0 Å². The average Bonchev–Trinajstić information content (AvgIpc) is 2.34. The van der Waals surface area contributed by atoms with Gasteiger partial charge in [-0.3, -0.25) is 0 Å². The van der Waals surface area contributed by atoms with E-state index in [2.05, 4.69) is 55.4 Å². The summed E-state index contributed by atoms with van der Waals surface area (Å²) in [5.41, 5.74) is 0. The fraction of sp³-hybridized carbons (Fsp3) is 0. The topological polar surface area (TPSA) is 0 Å². The molecule has 0 nitrogen and oxygen atoms in total. The van der Waals surface area contributed by atoms with Gasteiger partial charge in [0, 0.05) is 24.4 Å². The first-order valence-electron chi connectivity index (χ1n) is 3.10. The summed E-state index contributed by atoms with van der Waals surface area (Å²) in [6, 6.07) is 6.23. The second-order valence-electron chi connectivity index (χ2n) is 2.20. The molecule has 2 aromatic rings. The first-order chi connectivity index (χ1) is 5.29. The number of benzene rings is 1. The highest BCUT2D eigenvalue weighted by atomic mass is 79.9. The molecule has 2 rings (SSSR count). The van der Waals surface area contributed by atoms with Gasteiger partial charge in [0.05, 0.1) is 0 Å². The van der Waals surface area contributed by atoms with Crippen molar-refractivity contribution in [3.05, 3.63) is 32.5 Å². The maximum absolute atomic E-state index is 3.50. The van der Waals surface area contributed by atoms with E-state index in [1.807, 2.05) is 0 Å². The van der Waals surface area contributed by atoms with Crippen LogP contribution in [0.4, 0.5) is 0 Å². The molecule has 56 valence electrons. The molecule has 3 heteroatoms. The number of rotatable bonds is 0. The van der Waals surface area contributed by atoms with E-state index in [1.165, 1.54) is 14.6 Å². The van der Waals surface area contributed by atoms with Gasteiger partial charge >= 0.3 is 0 Å². The van der Waals surface area contributed by atoms with Gasteiger partial charge in [0.2, 0.25) is 0 Å². The highest BCUT2D eigenvalue weighted by Crippen LogP contribution is 2.35. The molecular weight excluding hydrogens is 288 g/mol. The molecule has 0 fully saturated rings. The summed E-state index contributed by atoms with van der Waals surface area (Å²) in [7, 11) is 0. The summed E-state index contributed by atoms with van der Waals surface area (Å²) in [6.07, 6.45) is 0. The lowest BCUT2D eigenvalue weighted by atomic mass is 10.3. The average molecular weight is 292 g/mol. The molecular formula is C8H4Br2S. The third kappa shape index (κ3) is 1.25. The summed E-state index contributed by atoms with van der Waals surface area (Å²) in [6.45, 7) is 0. The van der Waals surface area contributed by atoms with Crippen molar-refractivity contribution in [1.82, 2.24) is 0 Å². The Hall–Kier alpha value is 0.140. The lowest BCUT2D eigenvalue weighted by molar-refractivity contribution is 1.77. The highest BCUT2D eigenvalue weighted by molar-refractivity contribution is 9.11. The molecule has 0 spiro atoms. The van der Waals surface area contributed by atoms with Crippen molar-refractivity contribution >= 4 is 53.3 Å². The molecule has 0 unspecified atom stereocenters. The zero-order valence-corrected chi connectivity index (χ0v) is 9.46. The maximum Gasteiger partial charge on any atom is 0.0372 e. The lowest BCUT2D eigenvalue weighted by Gasteiger charge is -1.92. The fourth-order valence-electron chi connectivity index (χ4n) is 1.01. The normalized spacial score (nSPS) is 10.7. The van der Waals surface area contributed by atoms with E-state index >= 15 is 0 Å². The summed E-state index contributed by atoms with van der Waals surface area (Å²) in [5.74, 6) is 0. The predicted molar refractivity (Wildman–Crippen MR) is 57.2 cm³/mol. The molecule has 11 heavy (non-hydrogen) atoms. The number of hydrogen-bond acceptors (Lipinski definition) is 1. The monoisotopic (exact) mass is 290 g/mol. The quantitative estimate of drug-likeness (QED) is 0.674. The minimum absolute atomic E-state index is 1.16. The van der Waals surface area contributed by atoms with Crippen molar-refractivity contribution < 1.29 is 0 Å². The van der Waals surface area contributed by atoms with Crippen molar-refractivity contribution in [3.63, 3.8) is 0 Å². The summed E-state index contributed by atoms with van der Waals surface area (Å²) in [5, 5.41) is 3.38. The predicted octanol–water partition coefficient (Wildman–Crippen LogP) is 4.43. The van der Waals surface area contributed by atoms with Crippen LogP contribution in [-0.2, 0) is 0 Å². The molecule has 1 aromatic carbocycles. The van der Waals surface area contributed by atoms with Gasteiger partial charge in [0.1, 0.15) is 0 Å². The van der Waals surface area contributed by atoms with Crippen molar-refractivity contribution in [3.8, 4) is 0 Å². The van der Waals surface area contributed by atoms with E-state index in [1.54, 1.807) is 11.3 Å². The van der Waals surface area contributed by atoms with Gasteiger partial charge in [0.15, 0.2) is 0 Å². The molecule has 1 aromatic heterocycles. The standard InChI is InChI=1S/C8H4Br2S/c9-5-2-1-3-7-8(5)6(10)4-11-7/h1-4H. The molecule has 0 N–H and O–H groups in total. The van der Waals surface area contributed by atoms with Gasteiger partial charge in [-0.25, -0.2) is 0 Å². The SMILES string of the molecule is Brc1cccc2scc(Br)c12. The molecule has 0 aliphatic carbocycles. The maximum atomic E-state index is 3.50. The smallest absolute Gasteiger partial charge is 0.0372 e. The first-order valence-corrected chi connectivity index (χ1v) is 5.57. The summed E-state index contributed by atoms with van der Waals surface area (Å²) < 4.78 is 3.64. The van der Waals surface area contributed by atoms with Gasteiger partial charge in [-0.15, -0.1) is 11.3 Å². The van der Waals surface area contributed by atoms with Crippen LogP contribution < -0.4 is 0 Å². The third-order valence-electron chi connectivity index (χ3n) is 1.50. The van der Waals surface area contributed by atoms with E-state index in [0.717, 1.165) is 4.47 Å². The van der Waals surface area contributed by atoms with E-state index in [0.29, 0.717) is 0 Å². The van der Waals surface area contributed by atoms with E-state index < -0.39 is 0 Å². The molecule has 0 aliphatic heterocycles. The summed E-state index contributed by atoms with van der Waals surface area (Å²) in [4.78, 5) is 0. The van der Waals surface area contributed by atoms with Crippen molar-refractivity contribution in [2.75, 3.05) is 0 Å². The summed E-state index contributed by atoms with van der Waals surface area (Å²) >= 11 is 8.75. The minimum Gasteiger partial charge on any atom is -0.143 e.